The summed E-state index contributed by atoms with van der Waals surface area (Å²) >= 11 is 3.18. The molecule has 3 aromatic carbocycles. The third-order valence-electron chi connectivity index (χ3n) is 5.16. The summed E-state index contributed by atoms with van der Waals surface area (Å²) in [4.78, 5) is 27.6. The number of imide groups is 1. The van der Waals surface area contributed by atoms with Gasteiger partial charge in [-0.05, 0) is 87.8 Å². The van der Waals surface area contributed by atoms with E-state index in [4.69, 9.17) is 9.47 Å². The lowest BCUT2D eigenvalue weighted by molar-refractivity contribution is -0.123. The van der Waals surface area contributed by atoms with Crippen LogP contribution in [0.1, 0.15) is 31.4 Å². The highest BCUT2D eigenvalue weighted by atomic mass is 127. The third-order valence-corrected chi connectivity index (χ3v) is 6.87. The number of nitrogens with zero attached hydrogens (tertiary/aromatic N) is 1. The van der Waals surface area contributed by atoms with Gasteiger partial charge in [0.2, 0.25) is 0 Å². The molecule has 0 aliphatic carbocycles. The predicted octanol–water partition coefficient (Wildman–Crippen LogP) is 6.87. The minimum atomic E-state index is -0.280. The highest BCUT2D eigenvalue weighted by Crippen LogP contribution is 2.38. The van der Waals surface area contributed by atoms with Crippen molar-refractivity contribution in [2.24, 2.45) is 0 Å². The second-order valence-electron chi connectivity index (χ2n) is 7.52. The summed E-state index contributed by atoms with van der Waals surface area (Å²) in [5.74, 6) is 1.07. The number of thioether (sulfide) groups is 1. The third kappa shape index (κ3) is 5.19. The lowest BCUT2D eigenvalue weighted by atomic mass is 10.0. The predicted molar refractivity (Wildman–Crippen MR) is 142 cm³/mol. The largest absolute Gasteiger partial charge is 0.490 e. The SMILES string of the molecule is CCCOc1c(I)cc(/C=C2\SC(=O)N(Cc3cccc4ccccc34)C2=O)cc1OCC. The summed E-state index contributed by atoms with van der Waals surface area (Å²) in [7, 11) is 0. The van der Waals surface area contributed by atoms with Gasteiger partial charge in [-0.15, -0.1) is 0 Å². The van der Waals surface area contributed by atoms with Gasteiger partial charge in [0.25, 0.3) is 11.1 Å². The van der Waals surface area contributed by atoms with E-state index < -0.39 is 0 Å². The summed E-state index contributed by atoms with van der Waals surface area (Å²) in [5.41, 5.74) is 1.74. The van der Waals surface area contributed by atoms with Gasteiger partial charge in [-0.3, -0.25) is 14.5 Å². The molecule has 4 rings (SSSR count). The number of fused-ring (bicyclic) bond motifs is 1. The van der Waals surface area contributed by atoms with Gasteiger partial charge in [-0.25, -0.2) is 0 Å². The van der Waals surface area contributed by atoms with Crippen molar-refractivity contribution in [3.8, 4) is 11.5 Å². The van der Waals surface area contributed by atoms with E-state index in [9.17, 15) is 9.59 Å². The van der Waals surface area contributed by atoms with Gasteiger partial charge < -0.3 is 9.47 Å². The van der Waals surface area contributed by atoms with E-state index >= 15 is 0 Å². The van der Waals surface area contributed by atoms with Crippen molar-refractivity contribution in [3.63, 3.8) is 0 Å². The maximum Gasteiger partial charge on any atom is 0.293 e. The minimum absolute atomic E-state index is 0.245. The van der Waals surface area contributed by atoms with Gasteiger partial charge in [-0.2, -0.15) is 0 Å². The lowest BCUT2D eigenvalue weighted by Gasteiger charge is -2.15. The molecular weight excluding hydrogens is 549 g/mol. The molecule has 0 aromatic heterocycles. The number of hydrogen-bond acceptors (Lipinski definition) is 5. The number of amides is 2. The number of carbonyl (C=O) groups is 2. The maximum absolute atomic E-state index is 13.1. The van der Waals surface area contributed by atoms with Crippen molar-refractivity contribution in [2.75, 3.05) is 13.2 Å². The van der Waals surface area contributed by atoms with Gasteiger partial charge in [0.15, 0.2) is 11.5 Å². The van der Waals surface area contributed by atoms with Crippen LogP contribution in [0.2, 0.25) is 0 Å². The molecule has 3 aromatic rings. The molecule has 0 atom stereocenters. The van der Waals surface area contributed by atoms with Crippen molar-refractivity contribution in [1.29, 1.82) is 0 Å². The second kappa shape index (κ2) is 10.6. The number of rotatable bonds is 8. The van der Waals surface area contributed by atoms with Crippen LogP contribution in [0.15, 0.2) is 59.5 Å². The van der Waals surface area contributed by atoms with Crippen LogP contribution in [0, 0.1) is 3.57 Å². The van der Waals surface area contributed by atoms with Gasteiger partial charge in [-0.1, -0.05) is 49.4 Å². The Kier molecular flexibility index (Phi) is 7.60. The zero-order valence-corrected chi connectivity index (χ0v) is 21.4. The number of carbonyl (C=O) groups excluding carboxylic acids is 2. The van der Waals surface area contributed by atoms with Gasteiger partial charge in [0, 0.05) is 0 Å². The first-order valence-corrected chi connectivity index (χ1v) is 12.7. The van der Waals surface area contributed by atoms with Crippen molar-refractivity contribution in [1.82, 2.24) is 4.90 Å². The van der Waals surface area contributed by atoms with Crippen molar-refractivity contribution < 1.29 is 19.1 Å². The summed E-state index contributed by atoms with van der Waals surface area (Å²) in [6, 6.07) is 17.7. The van der Waals surface area contributed by atoms with Crippen molar-refractivity contribution in [3.05, 3.63) is 74.2 Å². The van der Waals surface area contributed by atoms with E-state index in [0.717, 1.165) is 43.7 Å². The Morgan fingerprint density at radius 2 is 1.82 bits per heavy atom. The first-order chi connectivity index (χ1) is 16.0. The Balaban J connectivity index is 1.61. The fraction of sp³-hybridized carbons (Fsp3) is 0.231. The van der Waals surface area contributed by atoms with Crippen LogP contribution in [-0.4, -0.2) is 29.3 Å². The molecule has 170 valence electrons. The van der Waals surface area contributed by atoms with Gasteiger partial charge in [0.1, 0.15) is 0 Å². The van der Waals surface area contributed by atoms with Crippen LogP contribution in [0.4, 0.5) is 4.79 Å². The van der Waals surface area contributed by atoms with Crippen LogP contribution in [-0.2, 0) is 11.3 Å². The van der Waals surface area contributed by atoms with Crippen LogP contribution in [0.25, 0.3) is 16.8 Å². The van der Waals surface area contributed by atoms with Crippen molar-refractivity contribution >= 4 is 62.3 Å². The quantitative estimate of drug-likeness (QED) is 0.218. The molecule has 1 aliphatic rings. The average Bonchev–Trinajstić information content (AvgIpc) is 3.06. The van der Waals surface area contributed by atoms with Gasteiger partial charge in [0.05, 0.1) is 28.2 Å². The first-order valence-electron chi connectivity index (χ1n) is 10.8. The zero-order chi connectivity index (χ0) is 23.4. The molecule has 0 N–H and O–H groups in total. The molecule has 0 bridgehead atoms. The Labute approximate surface area is 211 Å². The molecule has 0 unspecified atom stereocenters. The van der Waals surface area contributed by atoms with Gasteiger partial charge >= 0.3 is 0 Å². The normalized spacial score (nSPS) is 15.0. The Bertz CT molecular complexity index is 1230. The fourth-order valence-corrected chi connectivity index (χ4v) is 5.29. The highest BCUT2D eigenvalue weighted by molar-refractivity contribution is 14.1. The van der Waals surface area contributed by atoms with E-state index in [1.165, 1.54) is 4.90 Å². The van der Waals surface area contributed by atoms with Crippen LogP contribution in [0.3, 0.4) is 0 Å². The number of halogens is 1. The van der Waals surface area contributed by atoms with Crippen LogP contribution in [0.5, 0.6) is 11.5 Å². The lowest BCUT2D eigenvalue weighted by Crippen LogP contribution is -2.27. The topological polar surface area (TPSA) is 55.8 Å². The van der Waals surface area contributed by atoms with Crippen molar-refractivity contribution in [2.45, 2.75) is 26.8 Å². The Hall–Kier alpha value is -2.52. The minimum Gasteiger partial charge on any atom is -0.490 e. The maximum atomic E-state index is 13.1. The number of benzene rings is 3. The summed E-state index contributed by atoms with van der Waals surface area (Å²) in [6.45, 7) is 5.32. The Morgan fingerprint density at radius 1 is 1.03 bits per heavy atom. The molecule has 0 spiro atoms. The van der Waals surface area contributed by atoms with E-state index in [0.29, 0.717) is 29.6 Å². The summed E-state index contributed by atoms with van der Waals surface area (Å²) in [5, 5.41) is 1.87. The smallest absolute Gasteiger partial charge is 0.293 e. The fourth-order valence-electron chi connectivity index (χ4n) is 3.67. The molecule has 1 aliphatic heterocycles. The number of ether oxygens (including phenoxy) is 2. The van der Waals surface area contributed by atoms with E-state index in [1.54, 1.807) is 6.08 Å². The number of hydrogen-bond donors (Lipinski definition) is 0. The zero-order valence-electron chi connectivity index (χ0n) is 18.5. The summed E-state index contributed by atoms with van der Waals surface area (Å²) < 4.78 is 12.5. The monoisotopic (exact) mass is 573 g/mol. The molecule has 0 saturated carbocycles. The highest BCUT2D eigenvalue weighted by Gasteiger charge is 2.35. The molecule has 1 fully saturated rings. The standard InChI is InChI=1S/C26H24INO4S/c1-3-12-32-24-21(27)13-17(14-22(24)31-4-2)15-23-25(29)28(26(30)33-23)16-19-10-7-9-18-8-5-6-11-20(18)19/h5-11,13-15H,3-4,12,16H2,1-2H3/b23-15-. The summed E-state index contributed by atoms with van der Waals surface area (Å²) in [6.07, 6.45) is 2.65. The second-order valence-corrected chi connectivity index (χ2v) is 9.67. The molecule has 1 heterocycles. The molecule has 2 amide bonds. The molecule has 1 saturated heterocycles. The molecule has 5 nitrogen and oxygen atoms in total. The Morgan fingerprint density at radius 3 is 2.61 bits per heavy atom. The first kappa shape index (κ1) is 23.6. The van der Waals surface area contributed by atoms with Crippen LogP contribution < -0.4 is 9.47 Å². The van der Waals surface area contributed by atoms with E-state index in [2.05, 4.69) is 29.5 Å². The average molecular weight is 573 g/mol. The molecule has 33 heavy (non-hydrogen) atoms. The van der Waals surface area contributed by atoms with Crippen LogP contribution >= 0.6 is 34.4 Å². The van der Waals surface area contributed by atoms with E-state index in [1.807, 2.05) is 61.5 Å². The molecule has 7 heteroatoms. The van der Waals surface area contributed by atoms with E-state index in [-0.39, 0.29) is 17.7 Å². The molecular formula is C26H24INO4S. The molecule has 0 radical (unpaired) electrons.